The van der Waals surface area contributed by atoms with E-state index in [-0.39, 0.29) is 5.82 Å². The molecular formula is C16H20FN3. The second-order valence-corrected chi connectivity index (χ2v) is 4.89. The molecule has 0 aliphatic rings. The number of hydrogen-bond donors (Lipinski definition) is 1. The van der Waals surface area contributed by atoms with Gasteiger partial charge in [-0.25, -0.2) is 9.37 Å². The molecule has 106 valence electrons. The molecule has 0 atom stereocenters. The smallest absolute Gasteiger partial charge is 0.203 e. The number of allylic oxidation sites excluding steroid dienone is 1. The average molecular weight is 273 g/mol. The number of aromatic nitrogens is 2. The monoisotopic (exact) mass is 273 g/mol. The molecule has 0 aliphatic carbocycles. The Morgan fingerprint density at radius 1 is 1.40 bits per heavy atom. The Kier molecular flexibility index (Phi) is 4.56. The summed E-state index contributed by atoms with van der Waals surface area (Å²) in [4.78, 5) is 4.44. The summed E-state index contributed by atoms with van der Waals surface area (Å²) in [5, 5.41) is 3.32. The van der Waals surface area contributed by atoms with Crippen LogP contribution in [0.2, 0.25) is 0 Å². The van der Waals surface area contributed by atoms with Gasteiger partial charge in [0.1, 0.15) is 5.82 Å². The maximum absolute atomic E-state index is 13.0. The second kappa shape index (κ2) is 6.37. The number of anilines is 1. The molecule has 0 spiro atoms. The van der Waals surface area contributed by atoms with Crippen LogP contribution >= 0.6 is 0 Å². The van der Waals surface area contributed by atoms with E-state index in [4.69, 9.17) is 0 Å². The van der Waals surface area contributed by atoms with Gasteiger partial charge in [0.05, 0.1) is 5.69 Å². The van der Waals surface area contributed by atoms with Crippen LogP contribution in [0.5, 0.6) is 0 Å². The highest BCUT2D eigenvalue weighted by Crippen LogP contribution is 2.12. The normalized spacial score (nSPS) is 10.6. The van der Waals surface area contributed by atoms with Gasteiger partial charge in [-0.1, -0.05) is 12.1 Å². The van der Waals surface area contributed by atoms with Gasteiger partial charge in [-0.05, 0) is 43.5 Å². The summed E-state index contributed by atoms with van der Waals surface area (Å²) in [5.41, 5.74) is 3.11. The Bertz CT molecular complexity index is 602. The fourth-order valence-electron chi connectivity index (χ4n) is 2.21. The van der Waals surface area contributed by atoms with Gasteiger partial charge in [0.15, 0.2) is 0 Å². The molecular weight excluding hydrogens is 253 g/mol. The Morgan fingerprint density at radius 3 is 2.90 bits per heavy atom. The number of hydrogen-bond acceptors (Lipinski definition) is 2. The van der Waals surface area contributed by atoms with Crippen LogP contribution in [0.4, 0.5) is 10.3 Å². The fourth-order valence-corrected chi connectivity index (χ4v) is 2.21. The van der Waals surface area contributed by atoms with Gasteiger partial charge < -0.3 is 9.88 Å². The van der Waals surface area contributed by atoms with E-state index in [0.29, 0.717) is 0 Å². The minimum Gasteiger partial charge on any atom is -0.355 e. The minimum absolute atomic E-state index is 0.184. The van der Waals surface area contributed by atoms with Gasteiger partial charge in [-0.2, -0.15) is 0 Å². The summed E-state index contributed by atoms with van der Waals surface area (Å²) in [7, 11) is 0. The highest BCUT2D eigenvalue weighted by atomic mass is 19.1. The van der Waals surface area contributed by atoms with Crippen molar-refractivity contribution in [1.82, 2.24) is 9.55 Å². The van der Waals surface area contributed by atoms with E-state index in [1.54, 1.807) is 6.07 Å². The van der Waals surface area contributed by atoms with E-state index in [0.717, 1.165) is 42.3 Å². The average Bonchev–Trinajstić information content (AvgIpc) is 2.73. The zero-order valence-corrected chi connectivity index (χ0v) is 12.0. The van der Waals surface area contributed by atoms with Crippen molar-refractivity contribution in [2.75, 3.05) is 11.9 Å². The molecule has 2 rings (SSSR count). The van der Waals surface area contributed by atoms with Crippen molar-refractivity contribution in [1.29, 1.82) is 0 Å². The van der Waals surface area contributed by atoms with E-state index >= 15 is 0 Å². The number of halogens is 1. The van der Waals surface area contributed by atoms with Crippen LogP contribution in [-0.4, -0.2) is 16.1 Å². The lowest BCUT2D eigenvalue weighted by Crippen LogP contribution is -2.10. The van der Waals surface area contributed by atoms with Crippen molar-refractivity contribution in [3.63, 3.8) is 0 Å². The van der Waals surface area contributed by atoms with Crippen LogP contribution in [0.3, 0.4) is 0 Å². The third kappa shape index (κ3) is 3.47. The molecule has 0 unspecified atom stereocenters. The first kappa shape index (κ1) is 14.3. The first-order chi connectivity index (χ1) is 9.60. The van der Waals surface area contributed by atoms with Gasteiger partial charge >= 0.3 is 0 Å². The Hall–Kier alpha value is -2.10. The number of nitrogens with zero attached hydrogens (tertiary/aromatic N) is 2. The molecule has 1 N–H and O–H groups in total. The van der Waals surface area contributed by atoms with Crippen molar-refractivity contribution in [3.8, 4) is 0 Å². The molecule has 1 heterocycles. The maximum Gasteiger partial charge on any atom is 0.203 e. The van der Waals surface area contributed by atoms with Gasteiger partial charge in [0, 0.05) is 19.3 Å². The summed E-state index contributed by atoms with van der Waals surface area (Å²) in [6, 6.07) is 4.91. The molecule has 3 nitrogen and oxygen atoms in total. The highest BCUT2D eigenvalue weighted by Gasteiger charge is 2.05. The molecule has 4 heteroatoms. The van der Waals surface area contributed by atoms with E-state index in [2.05, 4.69) is 16.9 Å². The predicted molar refractivity (Wildman–Crippen MR) is 80.5 cm³/mol. The molecule has 0 bridgehead atoms. The van der Waals surface area contributed by atoms with Crippen LogP contribution in [0.1, 0.15) is 16.8 Å². The SMILES string of the molecule is C=CCn1cc(C)nc1NCCc1ccc(F)cc1C. The van der Waals surface area contributed by atoms with E-state index in [1.165, 1.54) is 6.07 Å². The molecule has 1 aromatic heterocycles. The molecule has 0 saturated heterocycles. The Balaban J connectivity index is 1.97. The van der Waals surface area contributed by atoms with Crippen molar-refractivity contribution >= 4 is 5.95 Å². The van der Waals surface area contributed by atoms with Crippen molar-refractivity contribution in [3.05, 3.63) is 59.7 Å². The van der Waals surface area contributed by atoms with Gasteiger partial charge in [-0.15, -0.1) is 6.58 Å². The maximum atomic E-state index is 13.0. The molecule has 20 heavy (non-hydrogen) atoms. The summed E-state index contributed by atoms with van der Waals surface area (Å²) in [5.74, 6) is 0.665. The lowest BCUT2D eigenvalue weighted by molar-refractivity contribution is 0.625. The number of benzene rings is 1. The molecule has 0 fully saturated rings. The molecule has 0 radical (unpaired) electrons. The third-order valence-electron chi connectivity index (χ3n) is 3.20. The molecule has 0 saturated carbocycles. The standard InChI is InChI=1S/C16H20FN3/c1-4-9-20-11-13(3)19-16(20)18-8-7-14-5-6-15(17)10-12(14)2/h4-6,10-11H,1,7-9H2,2-3H3,(H,18,19). The summed E-state index contributed by atoms with van der Waals surface area (Å²) < 4.78 is 15.1. The largest absolute Gasteiger partial charge is 0.355 e. The molecule has 1 aromatic carbocycles. The van der Waals surface area contributed by atoms with Crippen LogP contribution in [-0.2, 0) is 13.0 Å². The lowest BCUT2D eigenvalue weighted by Gasteiger charge is -2.09. The topological polar surface area (TPSA) is 29.9 Å². The van der Waals surface area contributed by atoms with Crippen LogP contribution in [0.15, 0.2) is 37.1 Å². The van der Waals surface area contributed by atoms with Crippen molar-refractivity contribution < 1.29 is 4.39 Å². The first-order valence-corrected chi connectivity index (χ1v) is 6.73. The van der Waals surface area contributed by atoms with E-state index < -0.39 is 0 Å². The third-order valence-corrected chi connectivity index (χ3v) is 3.20. The Morgan fingerprint density at radius 2 is 2.20 bits per heavy atom. The van der Waals surface area contributed by atoms with Gasteiger partial charge in [0.2, 0.25) is 5.95 Å². The Labute approximate surface area is 119 Å². The summed E-state index contributed by atoms with van der Waals surface area (Å²) in [6.07, 6.45) is 4.68. The quantitative estimate of drug-likeness (QED) is 0.817. The van der Waals surface area contributed by atoms with Crippen LogP contribution in [0.25, 0.3) is 0 Å². The minimum atomic E-state index is -0.184. The number of nitrogens with one attached hydrogen (secondary N) is 1. The van der Waals surface area contributed by atoms with E-state index in [9.17, 15) is 4.39 Å². The number of rotatable bonds is 6. The van der Waals surface area contributed by atoms with Crippen molar-refractivity contribution in [2.24, 2.45) is 0 Å². The van der Waals surface area contributed by atoms with Gasteiger partial charge in [0.25, 0.3) is 0 Å². The first-order valence-electron chi connectivity index (χ1n) is 6.73. The molecule has 2 aromatic rings. The molecule has 0 aliphatic heterocycles. The lowest BCUT2D eigenvalue weighted by atomic mass is 10.1. The zero-order valence-electron chi connectivity index (χ0n) is 12.0. The van der Waals surface area contributed by atoms with E-state index in [1.807, 2.05) is 36.8 Å². The van der Waals surface area contributed by atoms with Crippen molar-refractivity contribution in [2.45, 2.75) is 26.8 Å². The summed E-state index contributed by atoms with van der Waals surface area (Å²) in [6.45, 7) is 9.14. The molecule has 0 amide bonds. The number of imidazole rings is 1. The van der Waals surface area contributed by atoms with Crippen LogP contribution in [0, 0.1) is 19.7 Å². The summed E-state index contributed by atoms with van der Waals surface area (Å²) >= 11 is 0. The van der Waals surface area contributed by atoms with Crippen LogP contribution < -0.4 is 5.32 Å². The predicted octanol–water partition coefficient (Wildman–Crippen LogP) is 3.48. The zero-order chi connectivity index (χ0) is 14.5. The second-order valence-electron chi connectivity index (χ2n) is 4.89. The highest BCUT2D eigenvalue weighted by molar-refractivity contribution is 5.31. The number of aryl methyl sites for hydroxylation is 2. The fraction of sp³-hybridized carbons (Fsp3) is 0.312. The van der Waals surface area contributed by atoms with Gasteiger partial charge in [-0.3, -0.25) is 0 Å².